The first kappa shape index (κ1) is 19.5. The first-order valence-electron chi connectivity index (χ1n) is 9.69. The predicted molar refractivity (Wildman–Crippen MR) is 109 cm³/mol. The zero-order valence-corrected chi connectivity index (χ0v) is 17.4. The Morgan fingerprint density at radius 1 is 1.04 bits per heavy atom. The number of ether oxygens (including phenoxy) is 2. The molecule has 1 aromatic heterocycles. The molecule has 1 aromatic carbocycles. The molecule has 1 saturated heterocycles. The second-order valence-corrected chi connectivity index (χ2v) is 9.64. The van der Waals surface area contributed by atoms with Gasteiger partial charge in [0.15, 0.2) is 16.6 Å². The number of anilines is 1. The molecule has 0 unspecified atom stereocenters. The van der Waals surface area contributed by atoms with Crippen LogP contribution in [0.4, 0.5) is 5.13 Å². The molecule has 0 aliphatic carbocycles. The number of nitrogens with zero attached hydrogens (tertiary/aromatic N) is 2. The molecule has 9 heteroatoms. The molecule has 4 rings (SSSR count). The summed E-state index contributed by atoms with van der Waals surface area (Å²) in [5.74, 6) is 1.03. The molecule has 3 heterocycles. The second-order valence-electron chi connectivity index (χ2n) is 7.10. The molecule has 2 aliphatic heterocycles. The molecule has 2 aliphatic rings. The lowest BCUT2D eigenvalue weighted by atomic mass is 10.2. The van der Waals surface area contributed by atoms with Crippen molar-refractivity contribution in [1.29, 1.82) is 0 Å². The molecule has 0 amide bonds. The molecule has 0 atom stereocenters. The van der Waals surface area contributed by atoms with Crippen molar-refractivity contribution < 1.29 is 17.9 Å². The maximum Gasteiger partial charge on any atom is 0.263 e. The number of hydrogen-bond donors (Lipinski definition) is 1. The van der Waals surface area contributed by atoms with Gasteiger partial charge in [0.25, 0.3) is 10.0 Å². The molecule has 0 saturated carbocycles. The Kier molecular flexibility index (Phi) is 6.03. The van der Waals surface area contributed by atoms with Crippen molar-refractivity contribution in [2.75, 3.05) is 31.0 Å². The number of hydrogen-bond acceptors (Lipinski definition) is 7. The van der Waals surface area contributed by atoms with Crippen LogP contribution in [0.5, 0.6) is 11.5 Å². The Labute approximate surface area is 169 Å². The zero-order chi connectivity index (χ0) is 19.4. The summed E-state index contributed by atoms with van der Waals surface area (Å²) in [6.07, 6.45) is 5.78. The SMILES string of the molecule is O=S(=O)(Nc1nc(CN2CCCCCC2)cs1)c1ccc2c(c1)OCCCO2. The molecule has 0 bridgehead atoms. The van der Waals surface area contributed by atoms with Gasteiger partial charge in [-0.15, -0.1) is 11.3 Å². The molecule has 1 fully saturated rings. The molecule has 2 aromatic rings. The first-order valence-corrected chi connectivity index (χ1v) is 12.1. The highest BCUT2D eigenvalue weighted by Crippen LogP contribution is 2.32. The topological polar surface area (TPSA) is 80.8 Å². The van der Waals surface area contributed by atoms with Gasteiger partial charge in [-0.05, 0) is 38.1 Å². The molecule has 0 spiro atoms. The van der Waals surface area contributed by atoms with Crippen LogP contribution in [0.25, 0.3) is 0 Å². The van der Waals surface area contributed by atoms with Crippen LogP contribution in [0, 0.1) is 0 Å². The van der Waals surface area contributed by atoms with Crippen molar-refractivity contribution in [3.63, 3.8) is 0 Å². The molecule has 1 N–H and O–H groups in total. The van der Waals surface area contributed by atoms with Gasteiger partial charge in [0, 0.05) is 24.4 Å². The van der Waals surface area contributed by atoms with Gasteiger partial charge in [-0.1, -0.05) is 12.8 Å². The fourth-order valence-electron chi connectivity index (χ4n) is 3.43. The minimum atomic E-state index is -3.74. The number of sulfonamides is 1. The fourth-order valence-corrected chi connectivity index (χ4v) is 5.40. The number of benzene rings is 1. The van der Waals surface area contributed by atoms with Gasteiger partial charge in [-0.2, -0.15) is 0 Å². The number of aromatic nitrogens is 1. The van der Waals surface area contributed by atoms with Gasteiger partial charge in [-0.3, -0.25) is 9.62 Å². The Morgan fingerprint density at radius 3 is 2.57 bits per heavy atom. The van der Waals surface area contributed by atoms with E-state index in [0.29, 0.717) is 29.8 Å². The Hall–Kier alpha value is -1.84. The third-order valence-electron chi connectivity index (χ3n) is 4.89. The summed E-state index contributed by atoms with van der Waals surface area (Å²) in [6.45, 7) is 4.00. The summed E-state index contributed by atoms with van der Waals surface area (Å²) < 4.78 is 39.3. The van der Waals surface area contributed by atoms with Gasteiger partial charge in [-0.25, -0.2) is 13.4 Å². The van der Waals surface area contributed by atoms with E-state index in [1.165, 1.54) is 49.2 Å². The lowest BCUT2D eigenvalue weighted by Crippen LogP contribution is -2.24. The van der Waals surface area contributed by atoms with E-state index in [9.17, 15) is 8.42 Å². The number of fused-ring (bicyclic) bond motifs is 1. The quantitative estimate of drug-likeness (QED) is 0.793. The van der Waals surface area contributed by atoms with Crippen molar-refractivity contribution in [2.45, 2.75) is 43.5 Å². The van der Waals surface area contributed by atoms with Crippen molar-refractivity contribution in [3.8, 4) is 11.5 Å². The summed E-state index contributed by atoms with van der Waals surface area (Å²) in [5.41, 5.74) is 0.906. The average molecular weight is 424 g/mol. The van der Waals surface area contributed by atoms with Crippen molar-refractivity contribution in [1.82, 2.24) is 9.88 Å². The van der Waals surface area contributed by atoms with Gasteiger partial charge in [0.2, 0.25) is 0 Å². The lowest BCUT2D eigenvalue weighted by molar-refractivity contribution is 0.274. The van der Waals surface area contributed by atoms with Crippen LogP contribution >= 0.6 is 11.3 Å². The van der Waals surface area contributed by atoms with Crippen molar-refractivity contribution in [2.24, 2.45) is 0 Å². The Morgan fingerprint density at radius 2 is 1.79 bits per heavy atom. The smallest absolute Gasteiger partial charge is 0.263 e. The minimum absolute atomic E-state index is 0.140. The molecule has 28 heavy (non-hydrogen) atoms. The standard InChI is InChI=1S/C19H25N3O4S2/c23-28(24,16-6-7-17-18(12-16)26-11-5-10-25-17)21-19-20-15(14-27-19)13-22-8-3-1-2-4-9-22/h6-7,12,14H,1-5,8-11,13H2,(H,20,21). The fraction of sp³-hybridized carbons (Fsp3) is 0.526. The highest BCUT2D eigenvalue weighted by molar-refractivity contribution is 7.93. The maximum atomic E-state index is 12.8. The largest absolute Gasteiger partial charge is 0.490 e. The van der Waals surface area contributed by atoms with E-state index in [1.807, 2.05) is 5.38 Å². The summed E-state index contributed by atoms with van der Waals surface area (Å²) in [6, 6.07) is 4.68. The Bertz CT molecular complexity index is 906. The van der Waals surface area contributed by atoms with Crippen LogP contribution in [0.15, 0.2) is 28.5 Å². The summed E-state index contributed by atoms with van der Waals surface area (Å²) in [7, 11) is -3.74. The van der Waals surface area contributed by atoms with Crippen molar-refractivity contribution in [3.05, 3.63) is 29.3 Å². The van der Waals surface area contributed by atoms with Crippen LogP contribution in [0.1, 0.15) is 37.8 Å². The average Bonchev–Trinajstić information content (AvgIpc) is 2.88. The van der Waals surface area contributed by atoms with Gasteiger partial charge in [0.1, 0.15) is 0 Å². The molecular weight excluding hydrogens is 398 g/mol. The third-order valence-corrected chi connectivity index (χ3v) is 7.16. The van der Waals surface area contributed by atoms with Crippen LogP contribution < -0.4 is 14.2 Å². The number of thiazole rings is 1. The second kappa shape index (κ2) is 8.67. The molecule has 7 nitrogen and oxygen atoms in total. The predicted octanol–water partition coefficient (Wildman–Crippen LogP) is 3.48. The van der Waals surface area contributed by atoms with Crippen LogP contribution in [-0.4, -0.2) is 44.6 Å². The first-order chi connectivity index (χ1) is 13.6. The maximum absolute atomic E-state index is 12.8. The van der Waals surface area contributed by atoms with Crippen molar-refractivity contribution >= 4 is 26.5 Å². The normalized spacial score (nSPS) is 18.3. The van der Waals surface area contributed by atoms with Crippen LogP contribution in [-0.2, 0) is 16.6 Å². The third kappa shape index (κ3) is 4.76. The molecule has 0 radical (unpaired) electrons. The van der Waals surface area contributed by atoms with Gasteiger partial charge < -0.3 is 9.47 Å². The van der Waals surface area contributed by atoms with E-state index in [1.54, 1.807) is 6.07 Å². The minimum Gasteiger partial charge on any atom is -0.490 e. The molecular formula is C19H25N3O4S2. The van der Waals surface area contributed by atoms with E-state index in [2.05, 4.69) is 14.6 Å². The van der Waals surface area contributed by atoms with E-state index >= 15 is 0 Å². The highest BCUT2D eigenvalue weighted by Gasteiger charge is 2.20. The number of likely N-dealkylation sites (tertiary alicyclic amines) is 1. The number of rotatable bonds is 5. The van der Waals surface area contributed by atoms with E-state index in [0.717, 1.165) is 31.7 Å². The summed E-state index contributed by atoms with van der Waals surface area (Å²) in [5, 5.41) is 2.31. The zero-order valence-electron chi connectivity index (χ0n) is 15.7. The Balaban J connectivity index is 1.45. The van der Waals surface area contributed by atoms with Gasteiger partial charge >= 0.3 is 0 Å². The van der Waals surface area contributed by atoms with Gasteiger partial charge in [0.05, 0.1) is 23.8 Å². The summed E-state index contributed by atoms with van der Waals surface area (Å²) in [4.78, 5) is 7.01. The molecule has 152 valence electrons. The summed E-state index contributed by atoms with van der Waals surface area (Å²) >= 11 is 1.31. The van der Waals surface area contributed by atoms with E-state index in [-0.39, 0.29) is 4.90 Å². The lowest BCUT2D eigenvalue weighted by Gasteiger charge is -2.17. The van der Waals surface area contributed by atoms with Crippen LogP contribution in [0.2, 0.25) is 0 Å². The van der Waals surface area contributed by atoms with E-state index in [4.69, 9.17) is 9.47 Å². The highest BCUT2D eigenvalue weighted by atomic mass is 32.2. The van der Waals surface area contributed by atoms with E-state index < -0.39 is 10.0 Å². The monoisotopic (exact) mass is 423 g/mol. The number of nitrogens with one attached hydrogen (secondary N) is 1. The van der Waals surface area contributed by atoms with Crippen LogP contribution in [0.3, 0.4) is 0 Å².